The van der Waals surface area contributed by atoms with Crippen LogP contribution in [0.3, 0.4) is 0 Å². The lowest BCUT2D eigenvalue weighted by atomic mass is 9.66. The second-order valence-corrected chi connectivity index (χ2v) is 12.6. The Morgan fingerprint density at radius 3 is 1.22 bits per heavy atom. The summed E-state index contributed by atoms with van der Waals surface area (Å²) in [6.07, 6.45) is 7.57. The fourth-order valence-corrected chi connectivity index (χ4v) is 7.31. The standard InChI is InChI=1S/C45H54O6/c1-9-25-48-39-29-37(41(50-27-11-3)31(13-5)43(39)46-15-7)45(35-23-19-17-21-33(35)34-22-18-20-24-36(34)45)38-30-40(49-26-10-2)44(47-16-8)32(14-6)42(38)51-28-12-4/h15-24,29-30H,7-14,25-28H2,1-6H3. The molecule has 0 N–H and O–H groups in total. The van der Waals surface area contributed by atoms with Crippen molar-refractivity contribution in [1.29, 1.82) is 0 Å². The number of ether oxygens (including phenoxy) is 6. The van der Waals surface area contributed by atoms with Gasteiger partial charge in [0, 0.05) is 22.3 Å². The van der Waals surface area contributed by atoms with Crippen LogP contribution in [0.25, 0.3) is 11.1 Å². The van der Waals surface area contributed by atoms with E-state index >= 15 is 0 Å². The van der Waals surface area contributed by atoms with Crippen molar-refractivity contribution < 1.29 is 28.4 Å². The third-order valence-electron chi connectivity index (χ3n) is 9.28. The minimum atomic E-state index is -0.915. The summed E-state index contributed by atoms with van der Waals surface area (Å²) >= 11 is 0. The first-order valence-electron chi connectivity index (χ1n) is 18.7. The van der Waals surface area contributed by atoms with Crippen molar-refractivity contribution in [2.45, 2.75) is 85.5 Å². The molecule has 6 nitrogen and oxygen atoms in total. The summed E-state index contributed by atoms with van der Waals surface area (Å²) in [5, 5.41) is 0. The maximum atomic E-state index is 6.90. The van der Waals surface area contributed by atoms with Gasteiger partial charge in [0.1, 0.15) is 11.5 Å². The molecule has 0 fully saturated rings. The molecule has 5 rings (SSSR count). The normalized spacial score (nSPS) is 12.4. The van der Waals surface area contributed by atoms with Crippen LogP contribution in [-0.4, -0.2) is 26.4 Å². The van der Waals surface area contributed by atoms with Crippen LogP contribution in [0.2, 0.25) is 0 Å². The summed E-state index contributed by atoms with van der Waals surface area (Å²) in [6.45, 7) is 22.7. The minimum absolute atomic E-state index is 0.526. The number of benzene rings is 4. The summed E-state index contributed by atoms with van der Waals surface area (Å²) in [5.41, 5.74) is 7.38. The summed E-state index contributed by atoms with van der Waals surface area (Å²) < 4.78 is 39.3. The molecule has 0 radical (unpaired) electrons. The van der Waals surface area contributed by atoms with Gasteiger partial charge in [-0.05, 0) is 72.9 Å². The van der Waals surface area contributed by atoms with E-state index in [0.717, 1.165) is 81.7 Å². The van der Waals surface area contributed by atoms with E-state index in [0.29, 0.717) is 62.3 Å². The predicted octanol–water partition coefficient (Wildman–Crippen LogP) is 11.4. The number of fused-ring (bicyclic) bond motifs is 3. The van der Waals surface area contributed by atoms with Crippen molar-refractivity contribution in [3.63, 3.8) is 0 Å². The molecule has 1 aliphatic rings. The molecule has 0 spiro atoms. The molecule has 51 heavy (non-hydrogen) atoms. The van der Waals surface area contributed by atoms with Gasteiger partial charge in [0.05, 0.1) is 44.4 Å². The lowest BCUT2D eigenvalue weighted by molar-refractivity contribution is 0.283. The average molecular weight is 691 g/mol. The molecule has 4 aromatic rings. The average Bonchev–Trinajstić information content (AvgIpc) is 3.46. The third kappa shape index (κ3) is 6.81. The van der Waals surface area contributed by atoms with E-state index in [4.69, 9.17) is 28.4 Å². The summed E-state index contributed by atoms with van der Waals surface area (Å²) in [7, 11) is 0. The lowest BCUT2D eigenvalue weighted by Crippen LogP contribution is -2.31. The molecule has 0 amide bonds. The van der Waals surface area contributed by atoms with Crippen molar-refractivity contribution in [2.24, 2.45) is 0 Å². The Kier molecular flexibility index (Phi) is 12.8. The van der Waals surface area contributed by atoms with E-state index in [-0.39, 0.29) is 0 Å². The Hall–Kier alpha value is -4.84. The van der Waals surface area contributed by atoms with Gasteiger partial charge in [-0.15, -0.1) is 0 Å². The second-order valence-electron chi connectivity index (χ2n) is 12.6. The molecular formula is C45H54O6. The Balaban J connectivity index is 2.09. The molecule has 4 aromatic carbocycles. The van der Waals surface area contributed by atoms with E-state index in [2.05, 4.69) is 115 Å². The Bertz CT molecular complexity index is 1690. The molecule has 0 unspecified atom stereocenters. The summed E-state index contributed by atoms with van der Waals surface area (Å²) in [5.74, 6) is 4.10. The lowest BCUT2D eigenvalue weighted by Gasteiger charge is -2.38. The topological polar surface area (TPSA) is 55.4 Å². The molecular weight excluding hydrogens is 636 g/mol. The highest BCUT2D eigenvalue weighted by Gasteiger charge is 2.51. The molecule has 0 bridgehead atoms. The fraction of sp³-hybridized carbons (Fsp3) is 0.378. The zero-order valence-corrected chi connectivity index (χ0v) is 31.4. The SMILES string of the molecule is C=COc1c(OCCC)cc(C2(c3cc(OCCC)c(OC=C)c(CC)c3OCCC)c3ccccc3-c3ccccc32)c(OCCC)c1CC. The van der Waals surface area contributed by atoms with Gasteiger partial charge in [0.15, 0.2) is 23.0 Å². The molecule has 0 heterocycles. The molecule has 0 saturated heterocycles. The van der Waals surface area contributed by atoms with Gasteiger partial charge in [0.2, 0.25) is 0 Å². The maximum Gasteiger partial charge on any atom is 0.175 e. The first-order chi connectivity index (χ1) is 25.0. The maximum absolute atomic E-state index is 6.90. The smallest absolute Gasteiger partial charge is 0.175 e. The van der Waals surface area contributed by atoms with E-state index in [1.165, 1.54) is 12.5 Å². The zero-order chi connectivity index (χ0) is 36.4. The van der Waals surface area contributed by atoms with Gasteiger partial charge in [-0.2, -0.15) is 0 Å². The minimum Gasteiger partial charge on any atom is -0.493 e. The van der Waals surface area contributed by atoms with E-state index in [9.17, 15) is 0 Å². The van der Waals surface area contributed by atoms with Crippen LogP contribution in [0.5, 0.6) is 34.5 Å². The molecule has 0 aromatic heterocycles. The summed E-state index contributed by atoms with van der Waals surface area (Å²) in [6, 6.07) is 21.6. The van der Waals surface area contributed by atoms with Gasteiger partial charge < -0.3 is 28.4 Å². The van der Waals surface area contributed by atoms with Crippen LogP contribution in [0.4, 0.5) is 0 Å². The molecule has 0 atom stereocenters. The Morgan fingerprint density at radius 1 is 0.490 bits per heavy atom. The van der Waals surface area contributed by atoms with Gasteiger partial charge in [0.25, 0.3) is 0 Å². The van der Waals surface area contributed by atoms with Gasteiger partial charge in [-0.1, -0.05) is 103 Å². The summed E-state index contributed by atoms with van der Waals surface area (Å²) in [4.78, 5) is 0. The van der Waals surface area contributed by atoms with Crippen molar-refractivity contribution in [2.75, 3.05) is 26.4 Å². The fourth-order valence-electron chi connectivity index (χ4n) is 7.31. The molecule has 0 aliphatic heterocycles. The Morgan fingerprint density at radius 2 is 0.863 bits per heavy atom. The van der Waals surface area contributed by atoms with E-state index in [1.807, 2.05) is 0 Å². The quantitative estimate of drug-likeness (QED) is 0.0758. The zero-order valence-electron chi connectivity index (χ0n) is 31.4. The highest BCUT2D eigenvalue weighted by Crippen LogP contribution is 2.63. The second kappa shape index (κ2) is 17.4. The van der Waals surface area contributed by atoms with Crippen LogP contribution in [0.15, 0.2) is 86.3 Å². The Labute approximate surface area is 305 Å². The molecule has 270 valence electrons. The molecule has 6 heteroatoms. The van der Waals surface area contributed by atoms with Crippen LogP contribution in [-0.2, 0) is 18.3 Å². The molecule has 1 aliphatic carbocycles. The predicted molar refractivity (Wildman–Crippen MR) is 207 cm³/mol. The van der Waals surface area contributed by atoms with Crippen LogP contribution < -0.4 is 28.4 Å². The third-order valence-corrected chi connectivity index (χ3v) is 9.28. The number of rotatable bonds is 20. The van der Waals surface area contributed by atoms with Crippen molar-refractivity contribution >= 4 is 0 Å². The van der Waals surface area contributed by atoms with Crippen molar-refractivity contribution in [3.05, 3.63) is 120 Å². The van der Waals surface area contributed by atoms with Gasteiger partial charge in [-0.25, -0.2) is 0 Å². The highest BCUT2D eigenvalue weighted by atomic mass is 16.5. The monoisotopic (exact) mass is 690 g/mol. The first-order valence-corrected chi connectivity index (χ1v) is 18.7. The van der Waals surface area contributed by atoms with Crippen LogP contribution in [0, 0.1) is 0 Å². The van der Waals surface area contributed by atoms with Crippen molar-refractivity contribution in [3.8, 4) is 45.6 Å². The van der Waals surface area contributed by atoms with E-state index < -0.39 is 5.41 Å². The van der Waals surface area contributed by atoms with Crippen molar-refractivity contribution in [1.82, 2.24) is 0 Å². The first kappa shape index (κ1) is 37.4. The number of hydrogen-bond donors (Lipinski definition) is 0. The molecule has 0 saturated carbocycles. The highest BCUT2D eigenvalue weighted by molar-refractivity contribution is 5.89. The van der Waals surface area contributed by atoms with Gasteiger partial charge in [-0.3, -0.25) is 0 Å². The van der Waals surface area contributed by atoms with Gasteiger partial charge >= 0.3 is 0 Å². The van der Waals surface area contributed by atoms with E-state index in [1.54, 1.807) is 0 Å². The number of hydrogen-bond acceptors (Lipinski definition) is 6. The van der Waals surface area contributed by atoms with Crippen LogP contribution >= 0.6 is 0 Å². The largest absolute Gasteiger partial charge is 0.493 e. The van der Waals surface area contributed by atoms with Crippen LogP contribution in [0.1, 0.15) is 101 Å².